The van der Waals surface area contributed by atoms with Crippen LogP contribution in [0.3, 0.4) is 0 Å². The molecule has 0 spiro atoms. The van der Waals surface area contributed by atoms with Crippen LogP contribution in [0, 0.1) is 29.1 Å². The van der Waals surface area contributed by atoms with E-state index in [4.69, 9.17) is 4.74 Å². The smallest absolute Gasteiger partial charge is 0.311 e. The van der Waals surface area contributed by atoms with Gasteiger partial charge in [-0.3, -0.25) is 4.79 Å². The summed E-state index contributed by atoms with van der Waals surface area (Å²) in [4.78, 5) is 12.5. The molecular formula is C19H30O2. The fourth-order valence-electron chi connectivity index (χ4n) is 3.37. The van der Waals surface area contributed by atoms with Crippen LogP contribution in [0.1, 0.15) is 54.4 Å². The molecule has 0 N–H and O–H groups in total. The minimum Gasteiger partial charge on any atom is -0.461 e. The molecule has 118 valence electrons. The van der Waals surface area contributed by atoms with Gasteiger partial charge in [0.05, 0.1) is 5.41 Å². The number of hydrogen-bond donors (Lipinski definition) is 0. The van der Waals surface area contributed by atoms with Crippen LogP contribution in [0.5, 0.6) is 0 Å². The Morgan fingerprint density at radius 3 is 2.62 bits per heavy atom. The number of allylic oxidation sites excluding steroid dienone is 3. The third-order valence-electron chi connectivity index (χ3n) is 5.55. The van der Waals surface area contributed by atoms with E-state index in [1.165, 1.54) is 5.57 Å². The van der Waals surface area contributed by atoms with Gasteiger partial charge < -0.3 is 4.74 Å². The largest absolute Gasteiger partial charge is 0.461 e. The summed E-state index contributed by atoms with van der Waals surface area (Å²) in [6.07, 6.45) is 8.69. The van der Waals surface area contributed by atoms with Gasteiger partial charge in [-0.1, -0.05) is 45.9 Å². The Labute approximate surface area is 129 Å². The highest BCUT2D eigenvalue weighted by Gasteiger charge is 2.41. The second kappa shape index (κ2) is 5.98. The maximum absolute atomic E-state index is 12.5. The van der Waals surface area contributed by atoms with Crippen LogP contribution in [0.15, 0.2) is 23.8 Å². The first-order chi connectivity index (χ1) is 9.76. The summed E-state index contributed by atoms with van der Waals surface area (Å²) in [6.45, 7) is 12.8. The zero-order valence-corrected chi connectivity index (χ0v) is 14.3. The Kier molecular flexibility index (Phi) is 4.65. The molecular weight excluding hydrogens is 260 g/mol. The maximum atomic E-state index is 12.5. The topological polar surface area (TPSA) is 26.3 Å². The SMILES string of the molecule is CCC(C)(C)C(=O)O[C@H]1C[C@@H](C)C=C2C=C[C@H](C)[C@H](C)[C@H]21. The molecule has 5 atom stereocenters. The van der Waals surface area contributed by atoms with Gasteiger partial charge in [-0.05, 0) is 50.0 Å². The van der Waals surface area contributed by atoms with E-state index in [1.807, 2.05) is 20.8 Å². The molecule has 0 heterocycles. The van der Waals surface area contributed by atoms with Crippen molar-refractivity contribution in [1.29, 1.82) is 0 Å². The van der Waals surface area contributed by atoms with E-state index in [9.17, 15) is 4.79 Å². The highest BCUT2D eigenvalue weighted by Crippen LogP contribution is 2.43. The van der Waals surface area contributed by atoms with Gasteiger partial charge in [-0.15, -0.1) is 0 Å². The Bertz CT molecular complexity index is 458. The van der Waals surface area contributed by atoms with Gasteiger partial charge in [0.1, 0.15) is 6.10 Å². The lowest BCUT2D eigenvalue weighted by atomic mass is 9.67. The van der Waals surface area contributed by atoms with Gasteiger partial charge in [0.25, 0.3) is 0 Å². The number of hydrogen-bond acceptors (Lipinski definition) is 2. The molecule has 0 aromatic rings. The van der Waals surface area contributed by atoms with E-state index in [2.05, 4.69) is 39.0 Å². The van der Waals surface area contributed by atoms with Crippen molar-refractivity contribution in [3.05, 3.63) is 23.8 Å². The van der Waals surface area contributed by atoms with Crippen molar-refractivity contribution >= 4 is 5.97 Å². The van der Waals surface area contributed by atoms with Crippen molar-refractivity contribution in [1.82, 2.24) is 0 Å². The van der Waals surface area contributed by atoms with Crippen molar-refractivity contribution < 1.29 is 9.53 Å². The van der Waals surface area contributed by atoms with Gasteiger partial charge in [0, 0.05) is 5.92 Å². The average Bonchev–Trinajstić information content (AvgIpc) is 2.42. The molecule has 21 heavy (non-hydrogen) atoms. The van der Waals surface area contributed by atoms with Crippen LogP contribution in [0.4, 0.5) is 0 Å². The molecule has 2 heteroatoms. The van der Waals surface area contributed by atoms with Gasteiger partial charge in [-0.2, -0.15) is 0 Å². The molecule has 0 aromatic heterocycles. The van der Waals surface area contributed by atoms with Crippen LogP contribution in [0.2, 0.25) is 0 Å². The second-order valence-corrected chi connectivity index (χ2v) is 7.66. The minimum atomic E-state index is -0.385. The number of rotatable bonds is 3. The molecule has 2 nitrogen and oxygen atoms in total. The Morgan fingerprint density at radius 2 is 2.00 bits per heavy atom. The van der Waals surface area contributed by atoms with Crippen molar-refractivity contribution in [2.24, 2.45) is 29.1 Å². The van der Waals surface area contributed by atoms with Crippen LogP contribution in [0.25, 0.3) is 0 Å². The molecule has 2 aliphatic rings. The normalized spacial score (nSPS) is 35.9. The molecule has 2 aliphatic carbocycles. The number of fused-ring (bicyclic) bond motifs is 1. The van der Waals surface area contributed by atoms with E-state index in [0.29, 0.717) is 23.7 Å². The first-order valence-corrected chi connectivity index (χ1v) is 8.37. The van der Waals surface area contributed by atoms with E-state index >= 15 is 0 Å². The molecule has 0 bridgehead atoms. The van der Waals surface area contributed by atoms with Crippen molar-refractivity contribution in [2.75, 3.05) is 0 Å². The van der Waals surface area contributed by atoms with Gasteiger partial charge in [-0.25, -0.2) is 0 Å². The summed E-state index contributed by atoms with van der Waals surface area (Å²) in [7, 11) is 0. The maximum Gasteiger partial charge on any atom is 0.311 e. The van der Waals surface area contributed by atoms with Crippen molar-refractivity contribution in [3.8, 4) is 0 Å². The first kappa shape index (κ1) is 16.3. The second-order valence-electron chi connectivity index (χ2n) is 7.66. The first-order valence-electron chi connectivity index (χ1n) is 8.37. The molecule has 0 aromatic carbocycles. The third-order valence-corrected chi connectivity index (χ3v) is 5.55. The summed E-state index contributed by atoms with van der Waals surface area (Å²) in [5.74, 6) is 1.86. The van der Waals surface area contributed by atoms with Gasteiger partial charge >= 0.3 is 5.97 Å². The standard InChI is InChI=1S/C19H30O2/c1-7-19(5,6)18(20)21-16-11-12(2)10-15-9-8-13(3)14(4)17(15)16/h8-10,12-14,16-17H,7,11H2,1-6H3/t12-,13-,14-,16-,17+/m0/s1. The molecule has 0 aliphatic heterocycles. The fourth-order valence-corrected chi connectivity index (χ4v) is 3.37. The van der Waals surface area contributed by atoms with Crippen LogP contribution in [-0.2, 0) is 9.53 Å². The highest BCUT2D eigenvalue weighted by atomic mass is 16.5. The summed E-state index contributed by atoms with van der Waals surface area (Å²) in [6, 6.07) is 0. The molecule has 0 fully saturated rings. The number of ether oxygens (including phenoxy) is 1. The van der Waals surface area contributed by atoms with E-state index < -0.39 is 0 Å². The summed E-state index contributed by atoms with van der Waals surface area (Å²) in [5.41, 5.74) is 0.982. The molecule has 0 amide bonds. The van der Waals surface area contributed by atoms with Gasteiger partial charge in [0.15, 0.2) is 0 Å². The lowest BCUT2D eigenvalue weighted by Crippen LogP contribution is -2.41. The zero-order valence-electron chi connectivity index (χ0n) is 14.3. The van der Waals surface area contributed by atoms with Crippen LogP contribution in [-0.4, -0.2) is 12.1 Å². The van der Waals surface area contributed by atoms with E-state index in [0.717, 1.165) is 12.8 Å². The van der Waals surface area contributed by atoms with Crippen molar-refractivity contribution in [3.63, 3.8) is 0 Å². The van der Waals surface area contributed by atoms with Crippen molar-refractivity contribution in [2.45, 2.75) is 60.5 Å². The Morgan fingerprint density at radius 1 is 1.33 bits per heavy atom. The summed E-state index contributed by atoms with van der Waals surface area (Å²) >= 11 is 0. The molecule has 2 rings (SSSR count). The monoisotopic (exact) mass is 290 g/mol. The molecule has 0 unspecified atom stereocenters. The number of esters is 1. The molecule has 0 radical (unpaired) electrons. The zero-order chi connectivity index (χ0) is 15.8. The number of carbonyl (C=O) groups is 1. The minimum absolute atomic E-state index is 0.0284. The summed E-state index contributed by atoms with van der Waals surface area (Å²) < 4.78 is 5.99. The Balaban J connectivity index is 2.22. The third kappa shape index (κ3) is 3.25. The quantitative estimate of drug-likeness (QED) is 0.701. The summed E-state index contributed by atoms with van der Waals surface area (Å²) in [5, 5.41) is 0. The van der Waals surface area contributed by atoms with Crippen LogP contribution < -0.4 is 0 Å². The predicted molar refractivity (Wildman–Crippen MR) is 86.8 cm³/mol. The number of carbonyl (C=O) groups excluding carboxylic acids is 1. The average molecular weight is 290 g/mol. The van der Waals surface area contributed by atoms with E-state index in [-0.39, 0.29) is 17.5 Å². The lowest BCUT2D eigenvalue weighted by Gasteiger charge is -2.42. The van der Waals surface area contributed by atoms with Gasteiger partial charge in [0.2, 0.25) is 0 Å². The molecule has 0 saturated carbocycles. The lowest BCUT2D eigenvalue weighted by molar-refractivity contribution is -0.164. The predicted octanol–water partition coefficient (Wildman–Crippen LogP) is 4.76. The Hall–Kier alpha value is -1.05. The fraction of sp³-hybridized carbons (Fsp3) is 0.737. The molecule has 0 saturated heterocycles. The highest BCUT2D eigenvalue weighted by molar-refractivity contribution is 5.76. The van der Waals surface area contributed by atoms with E-state index in [1.54, 1.807) is 0 Å². The van der Waals surface area contributed by atoms with Crippen LogP contribution >= 0.6 is 0 Å².